The first-order valence-electron chi connectivity index (χ1n) is 9.07. The highest BCUT2D eigenvalue weighted by Gasteiger charge is 2.36. The Bertz CT molecular complexity index is 853. The van der Waals surface area contributed by atoms with Crippen LogP contribution in [0.2, 0.25) is 5.15 Å². The predicted octanol–water partition coefficient (Wildman–Crippen LogP) is 3.77. The Kier molecular flexibility index (Phi) is 3.65. The van der Waals surface area contributed by atoms with Crippen molar-refractivity contribution in [2.45, 2.75) is 38.9 Å². The van der Waals surface area contributed by atoms with Crippen LogP contribution in [0.15, 0.2) is 18.2 Å². The van der Waals surface area contributed by atoms with E-state index in [4.69, 9.17) is 18.5 Å². The average molecular weight is 366 g/mol. The summed E-state index contributed by atoms with van der Waals surface area (Å²) >= 11 is 5.80. The maximum Gasteiger partial charge on any atom is 0.408 e. The first-order chi connectivity index (χ1) is 13.0. The van der Waals surface area contributed by atoms with Gasteiger partial charge in [-0.3, -0.25) is 0 Å². The lowest BCUT2D eigenvalue weighted by molar-refractivity contribution is -0.138. The molecule has 0 amide bonds. The molecule has 0 unspecified atom stereocenters. The van der Waals surface area contributed by atoms with Gasteiger partial charge in [0.25, 0.3) is 0 Å². The molecule has 2 aromatic rings. The molecular weight excluding hydrogens is 345 g/mol. The Balaban J connectivity index is 2.57. The lowest BCUT2D eigenvalue weighted by Gasteiger charge is -2.18. The summed E-state index contributed by atoms with van der Waals surface area (Å²) in [5, 5.41) is 4.24. The van der Waals surface area contributed by atoms with E-state index in [-0.39, 0.29) is 28.7 Å². The fraction of sp³-hybridized carbons (Fsp3) is 0.429. The molecule has 24 heavy (non-hydrogen) atoms. The van der Waals surface area contributed by atoms with Gasteiger partial charge >= 0.3 is 6.18 Å². The molecule has 0 saturated heterocycles. The smallest absolute Gasteiger partial charge is 0.352 e. The normalized spacial score (nSPS) is 17.0. The minimum atomic E-state index is -5.12. The van der Waals surface area contributed by atoms with Crippen molar-refractivity contribution in [1.82, 2.24) is 19.9 Å². The second kappa shape index (κ2) is 7.16. The number of aromatic nitrogens is 4. The summed E-state index contributed by atoms with van der Waals surface area (Å²) in [7, 11) is 0. The number of pyridine rings is 1. The zero-order chi connectivity index (χ0) is 22.2. The summed E-state index contributed by atoms with van der Waals surface area (Å²) in [6, 6.07) is -1.87. The van der Waals surface area contributed by atoms with Gasteiger partial charge in [0.2, 0.25) is 11.9 Å². The van der Waals surface area contributed by atoms with Crippen LogP contribution in [-0.4, -0.2) is 38.2 Å². The van der Waals surface area contributed by atoms with Gasteiger partial charge in [-0.15, -0.1) is 0 Å². The van der Waals surface area contributed by atoms with Crippen LogP contribution in [0, 0.1) is 0 Å². The van der Waals surface area contributed by atoms with E-state index >= 15 is 0 Å². The van der Waals surface area contributed by atoms with Crippen molar-refractivity contribution in [3.8, 4) is 11.5 Å². The van der Waals surface area contributed by atoms with E-state index in [2.05, 4.69) is 25.3 Å². The van der Waals surface area contributed by atoms with Crippen LogP contribution in [0.5, 0.6) is 0 Å². The molecule has 0 saturated carbocycles. The average Bonchev–Trinajstić information content (AvgIpc) is 2.47. The number of hydrogen-bond donors (Lipinski definition) is 2. The van der Waals surface area contributed by atoms with E-state index in [1.54, 1.807) is 5.32 Å². The molecule has 0 radical (unpaired) electrons. The summed E-state index contributed by atoms with van der Waals surface area (Å²) in [6.07, 6.45) is -5.12. The van der Waals surface area contributed by atoms with E-state index in [1.165, 1.54) is 26.0 Å². The standard InChI is InChI=1S/C14H16ClF3N6/c1-7(2)19-12-22-11(9-5-4-6-10(15)21-9)23-13(24-12)20-8(3)14(16,17)18/h4-8H,1-3H3,(H2,19,20,22,23,24)/t8-/m1/s1/i3D3,4D,7D. The number of alkyl halides is 3. The number of halogens is 4. The van der Waals surface area contributed by atoms with E-state index in [1.807, 2.05) is 0 Å². The topological polar surface area (TPSA) is 75.6 Å². The van der Waals surface area contributed by atoms with E-state index in [9.17, 15) is 13.2 Å². The molecule has 0 aromatic carbocycles. The van der Waals surface area contributed by atoms with Crippen LogP contribution >= 0.6 is 11.6 Å². The molecule has 0 fully saturated rings. The van der Waals surface area contributed by atoms with Crippen LogP contribution in [0.1, 0.15) is 27.6 Å². The van der Waals surface area contributed by atoms with Gasteiger partial charge in [-0.25, -0.2) is 4.98 Å². The van der Waals surface area contributed by atoms with E-state index in [0.29, 0.717) is 0 Å². The third kappa shape index (κ3) is 4.92. The molecule has 0 aliphatic rings. The first-order valence-corrected chi connectivity index (χ1v) is 6.94. The molecule has 2 heterocycles. The van der Waals surface area contributed by atoms with Crippen LogP contribution in [0.25, 0.3) is 11.5 Å². The Morgan fingerprint density at radius 1 is 1.17 bits per heavy atom. The molecule has 0 aliphatic carbocycles. The fourth-order valence-corrected chi connectivity index (χ4v) is 1.68. The van der Waals surface area contributed by atoms with E-state index in [0.717, 1.165) is 0 Å². The molecule has 2 aromatic heterocycles. The molecule has 10 heteroatoms. The van der Waals surface area contributed by atoms with Crippen LogP contribution in [0.4, 0.5) is 25.1 Å². The van der Waals surface area contributed by atoms with Gasteiger partial charge in [-0.2, -0.15) is 28.1 Å². The van der Waals surface area contributed by atoms with Crippen molar-refractivity contribution in [2.24, 2.45) is 0 Å². The van der Waals surface area contributed by atoms with Crippen LogP contribution < -0.4 is 10.6 Å². The minimum absolute atomic E-state index is 0.0452. The number of nitrogens with one attached hydrogen (secondary N) is 2. The summed E-state index contributed by atoms with van der Waals surface area (Å²) in [5.41, 5.74) is -0.0452. The van der Waals surface area contributed by atoms with Crippen molar-refractivity contribution in [3.63, 3.8) is 0 Å². The quantitative estimate of drug-likeness (QED) is 0.785. The van der Waals surface area contributed by atoms with Gasteiger partial charge in [0, 0.05) is 10.1 Å². The van der Waals surface area contributed by atoms with Gasteiger partial charge in [0.05, 0.1) is 2.74 Å². The predicted molar refractivity (Wildman–Crippen MR) is 86.0 cm³/mol. The Hall–Kier alpha value is -2.16. The summed E-state index contributed by atoms with van der Waals surface area (Å²) in [5.74, 6) is -1.26. The highest BCUT2D eigenvalue weighted by atomic mass is 35.5. The van der Waals surface area contributed by atoms with Gasteiger partial charge in [0.15, 0.2) is 5.82 Å². The Morgan fingerprint density at radius 2 is 1.83 bits per heavy atom. The molecule has 0 bridgehead atoms. The SMILES string of the molecule is [2H]c1cc(Cl)nc(-c2nc(N[C@H](C([2H])([2H])[2H])C(F)(F)F)nc(NC([2H])(C)C)n2)c1. The highest BCUT2D eigenvalue weighted by Crippen LogP contribution is 2.24. The largest absolute Gasteiger partial charge is 0.408 e. The summed E-state index contributed by atoms with van der Waals surface area (Å²) in [6.45, 7) is -0.565. The maximum atomic E-state index is 13.2. The Labute approximate surface area is 148 Å². The molecule has 0 spiro atoms. The third-order valence-corrected chi connectivity index (χ3v) is 2.67. The van der Waals surface area contributed by atoms with Crippen molar-refractivity contribution in [2.75, 3.05) is 10.6 Å². The monoisotopic (exact) mass is 365 g/mol. The lowest BCUT2D eigenvalue weighted by atomic mass is 10.3. The van der Waals surface area contributed by atoms with Crippen molar-refractivity contribution in [3.05, 3.63) is 23.3 Å². The number of nitrogens with zero attached hydrogens (tertiary/aromatic N) is 4. The molecule has 1 atom stereocenters. The van der Waals surface area contributed by atoms with Crippen molar-refractivity contribution < 1.29 is 20.0 Å². The van der Waals surface area contributed by atoms with Crippen LogP contribution in [-0.2, 0) is 0 Å². The van der Waals surface area contributed by atoms with Gasteiger partial charge in [-0.1, -0.05) is 17.6 Å². The second-order valence-corrected chi connectivity index (χ2v) is 5.21. The van der Waals surface area contributed by atoms with Crippen LogP contribution in [0.3, 0.4) is 0 Å². The highest BCUT2D eigenvalue weighted by molar-refractivity contribution is 6.29. The fourth-order valence-electron chi connectivity index (χ4n) is 1.53. The first kappa shape index (κ1) is 12.2. The zero-order valence-electron chi connectivity index (χ0n) is 17.5. The third-order valence-electron chi connectivity index (χ3n) is 2.48. The van der Waals surface area contributed by atoms with Gasteiger partial charge in [-0.05, 0) is 32.8 Å². The maximum absolute atomic E-state index is 13.2. The number of rotatable bonds is 5. The van der Waals surface area contributed by atoms with E-state index < -0.39 is 31.0 Å². The molecule has 0 aliphatic heterocycles. The minimum Gasteiger partial charge on any atom is -0.352 e. The zero-order valence-corrected chi connectivity index (χ0v) is 13.3. The molecule has 2 rings (SSSR count). The van der Waals surface area contributed by atoms with Gasteiger partial charge < -0.3 is 10.6 Å². The van der Waals surface area contributed by atoms with Crippen molar-refractivity contribution in [1.29, 1.82) is 0 Å². The molecular formula is C14H16ClF3N6. The number of anilines is 2. The van der Waals surface area contributed by atoms with Gasteiger partial charge in [0.1, 0.15) is 16.9 Å². The number of hydrogen-bond acceptors (Lipinski definition) is 6. The second-order valence-electron chi connectivity index (χ2n) is 4.83. The molecule has 2 N–H and O–H groups in total. The summed E-state index contributed by atoms with van der Waals surface area (Å²) in [4.78, 5) is 15.4. The van der Waals surface area contributed by atoms with Crippen molar-refractivity contribution >= 4 is 23.5 Å². The molecule has 6 nitrogen and oxygen atoms in total. The Morgan fingerprint density at radius 3 is 2.38 bits per heavy atom. The lowest BCUT2D eigenvalue weighted by Crippen LogP contribution is -2.34. The summed E-state index contributed by atoms with van der Waals surface area (Å²) < 4.78 is 76.6. The molecule has 130 valence electrons.